The Hall–Kier alpha value is -2.63. The maximum atomic E-state index is 5.78. The fourth-order valence-corrected chi connectivity index (χ4v) is 1.64. The van der Waals surface area contributed by atoms with Crippen LogP contribution >= 0.6 is 0 Å². The van der Waals surface area contributed by atoms with Crippen LogP contribution < -0.4 is 10.5 Å². The lowest BCUT2D eigenvalue weighted by Gasteiger charge is -2.06. The van der Waals surface area contributed by atoms with Gasteiger partial charge in [0.2, 0.25) is 0 Å². The summed E-state index contributed by atoms with van der Waals surface area (Å²) in [5.41, 5.74) is 7.81. The lowest BCUT2D eigenvalue weighted by molar-refractivity contribution is 0.299. The molecule has 0 amide bonds. The molecule has 18 heavy (non-hydrogen) atoms. The number of fused-ring (bicyclic) bond motifs is 1. The number of nitrogens with one attached hydrogen (secondary N) is 1. The van der Waals surface area contributed by atoms with Crippen molar-refractivity contribution in [2.24, 2.45) is 0 Å². The average Bonchev–Trinajstić information content (AvgIpc) is 2.80. The number of hydrogen-bond donors (Lipinski definition) is 2. The van der Waals surface area contributed by atoms with Crippen LogP contribution in [0.1, 0.15) is 5.82 Å². The van der Waals surface area contributed by atoms with Gasteiger partial charge in [0, 0.05) is 0 Å². The molecule has 0 spiro atoms. The first-order valence-corrected chi connectivity index (χ1v) is 5.45. The molecule has 0 fully saturated rings. The van der Waals surface area contributed by atoms with Gasteiger partial charge in [-0.1, -0.05) is 12.1 Å². The van der Waals surface area contributed by atoms with E-state index in [-0.39, 0.29) is 0 Å². The molecule has 6 heteroatoms. The third-order valence-corrected chi connectivity index (χ3v) is 2.49. The standard InChI is InChI=1S/C12H11N5O/c13-8-3-1-2-4-10(8)18-6-11-16-9-5-14-7-15-12(9)17-11/h1-5,7H,6,13H2,(H,14,15,16,17). The number of nitrogens with zero attached hydrogens (tertiary/aromatic N) is 3. The normalized spacial score (nSPS) is 10.7. The van der Waals surface area contributed by atoms with Crippen LogP contribution in [0.2, 0.25) is 0 Å². The van der Waals surface area contributed by atoms with Crippen molar-refractivity contribution in [1.82, 2.24) is 19.9 Å². The summed E-state index contributed by atoms with van der Waals surface area (Å²) in [6.07, 6.45) is 3.14. The zero-order valence-electron chi connectivity index (χ0n) is 9.50. The largest absolute Gasteiger partial charge is 0.484 e. The molecule has 0 unspecified atom stereocenters. The molecule has 0 saturated carbocycles. The minimum absolute atomic E-state index is 0.310. The summed E-state index contributed by atoms with van der Waals surface area (Å²) >= 11 is 0. The van der Waals surface area contributed by atoms with Crippen molar-refractivity contribution in [3.63, 3.8) is 0 Å². The number of ether oxygens (including phenoxy) is 1. The average molecular weight is 241 g/mol. The highest BCUT2D eigenvalue weighted by Crippen LogP contribution is 2.20. The van der Waals surface area contributed by atoms with E-state index in [1.54, 1.807) is 12.3 Å². The summed E-state index contributed by atoms with van der Waals surface area (Å²) in [7, 11) is 0. The SMILES string of the molecule is Nc1ccccc1OCc1nc2ncncc2[nH]1. The van der Waals surface area contributed by atoms with Crippen molar-refractivity contribution < 1.29 is 4.74 Å². The molecule has 0 aliphatic rings. The molecule has 1 aromatic carbocycles. The molecule has 0 atom stereocenters. The third-order valence-electron chi connectivity index (χ3n) is 2.49. The van der Waals surface area contributed by atoms with E-state index in [9.17, 15) is 0 Å². The molecule has 6 nitrogen and oxygen atoms in total. The number of H-pyrrole nitrogens is 1. The van der Waals surface area contributed by atoms with E-state index in [1.165, 1.54) is 6.33 Å². The van der Waals surface area contributed by atoms with E-state index in [4.69, 9.17) is 10.5 Å². The van der Waals surface area contributed by atoms with Crippen molar-refractivity contribution in [2.45, 2.75) is 6.61 Å². The van der Waals surface area contributed by atoms with E-state index in [0.717, 1.165) is 5.52 Å². The van der Waals surface area contributed by atoms with E-state index in [2.05, 4.69) is 19.9 Å². The predicted octanol–water partition coefficient (Wildman–Crippen LogP) is 1.51. The third kappa shape index (κ3) is 1.95. The van der Waals surface area contributed by atoms with Crippen LogP contribution in [0.5, 0.6) is 5.75 Å². The number of rotatable bonds is 3. The van der Waals surface area contributed by atoms with Gasteiger partial charge in [0.1, 0.15) is 30.0 Å². The molecule has 3 rings (SSSR count). The number of aromatic amines is 1. The Kier molecular flexibility index (Phi) is 2.53. The Labute approximate surface area is 103 Å². The van der Waals surface area contributed by atoms with E-state index < -0.39 is 0 Å². The smallest absolute Gasteiger partial charge is 0.180 e. The maximum Gasteiger partial charge on any atom is 0.180 e. The van der Waals surface area contributed by atoms with Gasteiger partial charge in [-0.15, -0.1) is 0 Å². The van der Waals surface area contributed by atoms with Crippen LogP contribution in [0.4, 0.5) is 5.69 Å². The molecule has 2 aromatic heterocycles. The molecule has 0 saturated heterocycles. The van der Waals surface area contributed by atoms with E-state index >= 15 is 0 Å². The molecule has 0 radical (unpaired) electrons. The number of imidazole rings is 1. The van der Waals surface area contributed by atoms with Crippen molar-refractivity contribution in [2.75, 3.05) is 5.73 Å². The van der Waals surface area contributed by atoms with Crippen molar-refractivity contribution in [3.05, 3.63) is 42.6 Å². The molecule has 0 aliphatic carbocycles. The lowest BCUT2D eigenvalue weighted by atomic mass is 10.3. The van der Waals surface area contributed by atoms with Gasteiger partial charge in [0.05, 0.1) is 11.9 Å². The quantitative estimate of drug-likeness (QED) is 0.678. The van der Waals surface area contributed by atoms with Gasteiger partial charge in [-0.05, 0) is 12.1 Å². The van der Waals surface area contributed by atoms with Crippen LogP contribution in [0, 0.1) is 0 Å². The van der Waals surface area contributed by atoms with Gasteiger partial charge in [-0.25, -0.2) is 15.0 Å². The van der Waals surface area contributed by atoms with Crippen LogP contribution in [-0.2, 0) is 6.61 Å². The number of benzene rings is 1. The fraction of sp³-hybridized carbons (Fsp3) is 0.0833. The highest BCUT2D eigenvalue weighted by atomic mass is 16.5. The molecular weight excluding hydrogens is 230 g/mol. The minimum Gasteiger partial charge on any atom is -0.484 e. The maximum absolute atomic E-state index is 5.78. The first-order valence-electron chi connectivity index (χ1n) is 5.45. The van der Waals surface area contributed by atoms with E-state index in [0.29, 0.717) is 29.5 Å². The van der Waals surface area contributed by atoms with Crippen molar-refractivity contribution in [3.8, 4) is 5.75 Å². The van der Waals surface area contributed by atoms with Gasteiger partial charge in [-0.3, -0.25) is 0 Å². The Morgan fingerprint density at radius 2 is 2.17 bits per heavy atom. The van der Waals surface area contributed by atoms with Crippen LogP contribution in [-0.4, -0.2) is 19.9 Å². The summed E-state index contributed by atoms with van der Waals surface area (Å²) < 4.78 is 5.59. The molecule has 2 heterocycles. The van der Waals surface area contributed by atoms with Gasteiger partial charge in [0.25, 0.3) is 0 Å². The van der Waals surface area contributed by atoms with Gasteiger partial charge >= 0.3 is 0 Å². The molecule has 3 aromatic rings. The van der Waals surface area contributed by atoms with Crippen LogP contribution in [0.25, 0.3) is 11.2 Å². The molecule has 90 valence electrons. The summed E-state index contributed by atoms with van der Waals surface area (Å²) in [6, 6.07) is 7.34. The molecule has 0 aliphatic heterocycles. The first kappa shape index (κ1) is 10.5. The summed E-state index contributed by atoms with van der Waals surface area (Å²) in [5.74, 6) is 1.33. The Balaban J connectivity index is 1.79. The monoisotopic (exact) mass is 241 g/mol. The van der Waals surface area contributed by atoms with Crippen LogP contribution in [0.3, 0.4) is 0 Å². The summed E-state index contributed by atoms with van der Waals surface area (Å²) in [4.78, 5) is 15.3. The molecule has 3 N–H and O–H groups in total. The second-order valence-corrected chi connectivity index (χ2v) is 3.77. The number of hydrogen-bond acceptors (Lipinski definition) is 5. The number of anilines is 1. The highest BCUT2D eigenvalue weighted by molar-refractivity contribution is 5.68. The molecular formula is C12H11N5O. The molecule has 0 bridgehead atoms. The highest BCUT2D eigenvalue weighted by Gasteiger charge is 2.05. The first-order chi connectivity index (χ1) is 8.83. The van der Waals surface area contributed by atoms with Crippen molar-refractivity contribution >= 4 is 16.9 Å². The fourth-order valence-electron chi connectivity index (χ4n) is 1.64. The second-order valence-electron chi connectivity index (χ2n) is 3.77. The Bertz CT molecular complexity index is 646. The lowest BCUT2D eigenvalue weighted by Crippen LogP contribution is -1.99. The summed E-state index contributed by atoms with van der Waals surface area (Å²) in [6.45, 7) is 0.310. The predicted molar refractivity (Wildman–Crippen MR) is 66.9 cm³/mol. The number of para-hydroxylation sites is 2. The number of aromatic nitrogens is 4. The zero-order chi connectivity index (χ0) is 12.4. The van der Waals surface area contributed by atoms with E-state index in [1.807, 2.05) is 18.2 Å². The second kappa shape index (κ2) is 4.33. The number of nitrogens with two attached hydrogens (primary N) is 1. The number of nitrogen functional groups attached to an aromatic ring is 1. The van der Waals surface area contributed by atoms with Crippen LogP contribution in [0.15, 0.2) is 36.8 Å². The van der Waals surface area contributed by atoms with Gasteiger partial charge < -0.3 is 15.5 Å². The Morgan fingerprint density at radius 1 is 1.28 bits per heavy atom. The minimum atomic E-state index is 0.310. The van der Waals surface area contributed by atoms with Gasteiger partial charge in [0.15, 0.2) is 5.65 Å². The topological polar surface area (TPSA) is 89.7 Å². The summed E-state index contributed by atoms with van der Waals surface area (Å²) in [5, 5.41) is 0. The zero-order valence-corrected chi connectivity index (χ0v) is 9.50. The van der Waals surface area contributed by atoms with Gasteiger partial charge in [-0.2, -0.15) is 0 Å². The Morgan fingerprint density at radius 3 is 3.00 bits per heavy atom. The van der Waals surface area contributed by atoms with Crippen molar-refractivity contribution in [1.29, 1.82) is 0 Å².